The summed E-state index contributed by atoms with van der Waals surface area (Å²) >= 11 is 0. The zero-order valence-electron chi connectivity index (χ0n) is 9.81. The molecule has 0 saturated carbocycles. The van der Waals surface area contributed by atoms with Crippen LogP contribution in [0.5, 0.6) is 0 Å². The van der Waals surface area contributed by atoms with Crippen LogP contribution in [0, 0.1) is 11.6 Å². The Balaban J connectivity index is 2.10. The minimum atomic E-state index is -1.19. The van der Waals surface area contributed by atoms with Gasteiger partial charge < -0.3 is 9.52 Å². The summed E-state index contributed by atoms with van der Waals surface area (Å²) in [6.07, 6.45) is 0.197. The Morgan fingerprint density at radius 2 is 1.79 bits per heavy atom. The van der Waals surface area contributed by atoms with Crippen molar-refractivity contribution in [2.45, 2.75) is 6.10 Å². The van der Waals surface area contributed by atoms with Crippen LogP contribution in [-0.2, 0) is 0 Å². The summed E-state index contributed by atoms with van der Waals surface area (Å²) < 4.78 is 31.8. The second kappa shape index (κ2) is 4.48. The number of benzene rings is 2. The second-order valence-corrected chi connectivity index (χ2v) is 4.26. The highest BCUT2D eigenvalue weighted by molar-refractivity contribution is 5.81. The highest BCUT2D eigenvalue weighted by Crippen LogP contribution is 2.31. The fourth-order valence-electron chi connectivity index (χ4n) is 2.10. The quantitative estimate of drug-likeness (QED) is 0.760. The Hall–Kier alpha value is -2.20. The summed E-state index contributed by atoms with van der Waals surface area (Å²) in [6, 6.07) is 10.2. The molecule has 0 aliphatic heterocycles. The van der Waals surface area contributed by atoms with Gasteiger partial charge in [-0.05, 0) is 12.1 Å². The maximum absolute atomic E-state index is 13.7. The lowest BCUT2D eigenvalue weighted by molar-refractivity contribution is 0.215. The molecule has 1 aromatic heterocycles. The lowest BCUT2D eigenvalue weighted by atomic mass is 10.0. The number of aliphatic hydroxyl groups is 1. The van der Waals surface area contributed by atoms with E-state index >= 15 is 0 Å². The van der Waals surface area contributed by atoms with E-state index in [1.807, 2.05) is 0 Å². The van der Waals surface area contributed by atoms with Crippen molar-refractivity contribution in [1.29, 1.82) is 0 Å². The molecule has 4 heteroatoms. The monoisotopic (exact) mass is 260 g/mol. The van der Waals surface area contributed by atoms with Crippen LogP contribution >= 0.6 is 0 Å². The Kier molecular flexibility index (Phi) is 2.80. The fraction of sp³-hybridized carbons (Fsp3) is 0.0667. The molecule has 2 aromatic carbocycles. The van der Waals surface area contributed by atoms with Crippen LogP contribution in [0.3, 0.4) is 0 Å². The van der Waals surface area contributed by atoms with Gasteiger partial charge in [0.1, 0.15) is 23.3 Å². The Morgan fingerprint density at radius 3 is 2.58 bits per heavy atom. The van der Waals surface area contributed by atoms with Gasteiger partial charge in [-0.2, -0.15) is 0 Å². The van der Waals surface area contributed by atoms with Gasteiger partial charge in [0.05, 0.1) is 6.26 Å². The van der Waals surface area contributed by atoms with Crippen molar-refractivity contribution in [3.05, 3.63) is 71.5 Å². The SMILES string of the molecule is OC(c1ccc(F)cc1F)c1coc2ccccc12. The molecule has 0 aliphatic carbocycles. The average molecular weight is 260 g/mol. The van der Waals surface area contributed by atoms with E-state index in [-0.39, 0.29) is 5.56 Å². The molecule has 0 bridgehead atoms. The van der Waals surface area contributed by atoms with Crippen LogP contribution in [0.2, 0.25) is 0 Å². The summed E-state index contributed by atoms with van der Waals surface area (Å²) in [5, 5.41) is 10.9. The van der Waals surface area contributed by atoms with Gasteiger partial charge >= 0.3 is 0 Å². The molecule has 0 amide bonds. The molecule has 0 spiro atoms. The Morgan fingerprint density at radius 1 is 1.00 bits per heavy atom. The standard InChI is InChI=1S/C15H10F2O2/c16-9-5-6-11(13(17)7-9)15(18)12-8-19-14-4-2-1-3-10(12)14/h1-8,15,18H. The predicted octanol–water partition coefficient (Wildman–Crippen LogP) is 3.79. The van der Waals surface area contributed by atoms with Gasteiger partial charge in [-0.1, -0.05) is 24.3 Å². The summed E-state index contributed by atoms with van der Waals surface area (Å²) in [7, 11) is 0. The Labute approximate surface area is 107 Å². The molecular weight excluding hydrogens is 250 g/mol. The van der Waals surface area contributed by atoms with Crippen LogP contribution in [0.4, 0.5) is 8.78 Å². The predicted molar refractivity (Wildman–Crippen MR) is 66.6 cm³/mol. The lowest BCUT2D eigenvalue weighted by Crippen LogP contribution is -2.02. The van der Waals surface area contributed by atoms with Gasteiger partial charge in [0.15, 0.2) is 0 Å². The molecule has 3 aromatic rings. The van der Waals surface area contributed by atoms with Crippen LogP contribution in [0.25, 0.3) is 11.0 Å². The van der Waals surface area contributed by atoms with Crippen molar-refractivity contribution in [2.24, 2.45) is 0 Å². The number of hydrogen-bond acceptors (Lipinski definition) is 2. The minimum Gasteiger partial charge on any atom is -0.464 e. The first-order chi connectivity index (χ1) is 9.16. The van der Waals surface area contributed by atoms with E-state index in [0.29, 0.717) is 16.5 Å². The fourth-order valence-corrected chi connectivity index (χ4v) is 2.10. The van der Waals surface area contributed by atoms with Gasteiger partial charge in [-0.25, -0.2) is 8.78 Å². The zero-order valence-corrected chi connectivity index (χ0v) is 9.81. The lowest BCUT2D eigenvalue weighted by Gasteiger charge is -2.10. The van der Waals surface area contributed by atoms with E-state index < -0.39 is 17.7 Å². The van der Waals surface area contributed by atoms with Crippen LogP contribution in [0.1, 0.15) is 17.2 Å². The summed E-state index contributed by atoms with van der Waals surface area (Å²) in [5.41, 5.74) is 1.09. The van der Waals surface area contributed by atoms with Gasteiger partial charge in [0.2, 0.25) is 0 Å². The number of aliphatic hydroxyl groups excluding tert-OH is 1. The zero-order chi connectivity index (χ0) is 13.4. The molecule has 1 heterocycles. The first kappa shape index (κ1) is 11.9. The second-order valence-electron chi connectivity index (χ2n) is 4.26. The normalized spacial score (nSPS) is 12.8. The smallest absolute Gasteiger partial charge is 0.134 e. The topological polar surface area (TPSA) is 33.4 Å². The molecule has 0 fully saturated rings. The van der Waals surface area contributed by atoms with Crippen LogP contribution < -0.4 is 0 Å². The van der Waals surface area contributed by atoms with Gasteiger partial charge in [0, 0.05) is 22.6 Å². The maximum Gasteiger partial charge on any atom is 0.134 e. The summed E-state index contributed by atoms with van der Waals surface area (Å²) in [5.74, 6) is -1.46. The molecule has 0 aliphatic rings. The van der Waals surface area contributed by atoms with Gasteiger partial charge in [0.25, 0.3) is 0 Å². The van der Waals surface area contributed by atoms with E-state index in [9.17, 15) is 13.9 Å². The number of hydrogen-bond donors (Lipinski definition) is 1. The largest absolute Gasteiger partial charge is 0.464 e. The maximum atomic E-state index is 13.7. The summed E-state index contributed by atoms with van der Waals surface area (Å²) in [6.45, 7) is 0. The van der Waals surface area contributed by atoms with Crippen molar-refractivity contribution in [1.82, 2.24) is 0 Å². The molecule has 0 radical (unpaired) electrons. The summed E-state index contributed by atoms with van der Waals surface area (Å²) in [4.78, 5) is 0. The van der Waals surface area contributed by atoms with E-state index in [1.54, 1.807) is 24.3 Å². The third kappa shape index (κ3) is 2.00. The van der Waals surface area contributed by atoms with Crippen LogP contribution in [-0.4, -0.2) is 5.11 Å². The molecule has 19 heavy (non-hydrogen) atoms. The average Bonchev–Trinajstić information content (AvgIpc) is 2.82. The van der Waals surface area contributed by atoms with Crippen LogP contribution in [0.15, 0.2) is 53.1 Å². The first-order valence-corrected chi connectivity index (χ1v) is 5.76. The molecule has 3 rings (SSSR count). The molecule has 96 valence electrons. The van der Waals surface area contributed by atoms with Crippen molar-refractivity contribution < 1.29 is 18.3 Å². The molecule has 1 N–H and O–H groups in total. The minimum absolute atomic E-state index is 0.0213. The van der Waals surface area contributed by atoms with E-state index in [4.69, 9.17) is 4.42 Å². The van der Waals surface area contributed by atoms with Gasteiger partial charge in [-0.15, -0.1) is 0 Å². The molecular formula is C15H10F2O2. The van der Waals surface area contributed by atoms with E-state index in [1.165, 1.54) is 12.3 Å². The first-order valence-electron chi connectivity index (χ1n) is 5.76. The van der Waals surface area contributed by atoms with Crippen molar-refractivity contribution in [3.63, 3.8) is 0 Å². The number of fused-ring (bicyclic) bond motifs is 1. The highest BCUT2D eigenvalue weighted by Gasteiger charge is 2.19. The third-order valence-electron chi connectivity index (χ3n) is 3.06. The number of para-hydroxylation sites is 1. The number of halogens is 2. The van der Waals surface area contributed by atoms with Crippen molar-refractivity contribution in [3.8, 4) is 0 Å². The highest BCUT2D eigenvalue weighted by atomic mass is 19.1. The third-order valence-corrected chi connectivity index (χ3v) is 3.06. The van der Waals surface area contributed by atoms with Crippen molar-refractivity contribution >= 4 is 11.0 Å². The van der Waals surface area contributed by atoms with Crippen molar-refractivity contribution in [2.75, 3.05) is 0 Å². The number of furan rings is 1. The number of rotatable bonds is 2. The Bertz CT molecular complexity index is 734. The molecule has 1 atom stereocenters. The van der Waals surface area contributed by atoms with E-state index in [0.717, 1.165) is 12.1 Å². The molecule has 2 nitrogen and oxygen atoms in total. The van der Waals surface area contributed by atoms with E-state index in [2.05, 4.69) is 0 Å². The molecule has 1 unspecified atom stereocenters. The van der Waals surface area contributed by atoms with Gasteiger partial charge in [-0.3, -0.25) is 0 Å². The molecule has 0 saturated heterocycles.